The van der Waals surface area contributed by atoms with Crippen LogP contribution in [0.4, 0.5) is 0 Å². The Morgan fingerprint density at radius 2 is 2.18 bits per heavy atom. The molecule has 17 heavy (non-hydrogen) atoms. The van der Waals surface area contributed by atoms with Gasteiger partial charge in [-0.2, -0.15) is 5.10 Å². The molecular formula is C14H18N2O. The molecule has 0 saturated carbocycles. The van der Waals surface area contributed by atoms with Gasteiger partial charge in [0.15, 0.2) is 0 Å². The molecule has 2 aromatic rings. The fraction of sp³-hybridized carbons (Fsp3) is 0.357. The lowest BCUT2D eigenvalue weighted by atomic mass is 10.0. The van der Waals surface area contributed by atoms with Gasteiger partial charge in [-0.3, -0.25) is 4.68 Å². The van der Waals surface area contributed by atoms with Crippen LogP contribution in [0.5, 0.6) is 5.75 Å². The average Bonchev–Trinajstić information content (AvgIpc) is 2.71. The summed E-state index contributed by atoms with van der Waals surface area (Å²) in [5, 5.41) is 4.34. The highest BCUT2D eigenvalue weighted by molar-refractivity contribution is 5.65. The largest absolute Gasteiger partial charge is 0.497 e. The number of hydrogen-bond donors (Lipinski definition) is 0. The first-order valence-corrected chi connectivity index (χ1v) is 5.91. The van der Waals surface area contributed by atoms with Crippen molar-refractivity contribution >= 4 is 0 Å². The van der Waals surface area contributed by atoms with Crippen molar-refractivity contribution in [2.45, 2.75) is 19.8 Å². The van der Waals surface area contributed by atoms with Crippen LogP contribution >= 0.6 is 0 Å². The van der Waals surface area contributed by atoms with Crippen LogP contribution in [0.15, 0.2) is 30.5 Å². The fourth-order valence-electron chi connectivity index (χ4n) is 2.08. The van der Waals surface area contributed by atoms with Crippen molar-refractivity contribution in [2.75, 3.05) is 7.11 Å². The Morgan fingerprint density at radius 1 is 1.35 bits per heavy atom. The molecule has 0 fully saturated rings. The Hall–Kier alpha value is -1.77. The molecule has 2 rings (SSSR count). The summed E-state index contributed by atoms with van der Waals surface area (Å²) in [7, 11) is 3.67. The quantitative estimate of drug-likeness (QED) is 0.807. The number of hydrogen-bond acceptors (Lipinski definition) is 2. The first-order valence-electron chi connectivity index (χ1n) is 5.91. The van der Waals surface area contributed by atoms with E-state index < -0.39 is 0 Å². The number of methoxy groups -OCH3 is 1. The maximum Gasteiger partial charge on any atom is 0.119 e. The minimum absolute atomic E-state index is 0.881. The summed E-state index contributed by atoms with van der Waals surface area (Å²) in [6, 6.07) is 8.12. The van der Waals surface area contributed by atoms with Crippen LogP contribution in [0.1, 0.15) is 18.9 Å². The van der Waals surface area contributed by atoms with E-state index in [1.807, 2.05) is 30.1 Å². The third-order valence-electron chi connectivity index (χ3n) is 2.88. The number of rotatable bonds is 4. The molecule has 1 heterocycles. The molecular weight excluding hydrogens is 212 g/mol. The van der Waals surface area contributed by atoms with Crippen molar-refractivity contribution in [2.24, 2.45) is 7.05 Å². The summed E-state index contributed by atoms with van der Waals surface area (Å²) < 4.78 is 7.19. The topological polar surface area (TPSA) is 27.1 Å². The van der Waals surface area contributed by atoms with Gasteiger partial charge < -0.3 is 4.74 Å². The molecule has 0 aliphatic carbocycles. The van der Waals surface area contributed by atoms with E-state index in [9.17, 15) is 0 Å². The highest BCUT2D eigenvalue weighted by atomic mass is 16.5. The molecule has 0 saturated heterocycles. The lowest BCUT2D eigenvalue weighted by Crippen LogP contribution is -1.96. The van der Waals surface area contributed by atoms with Crippen LogP contribution in [0.25, 0.3) is 11.3 Å². The van der Waals surface area contributed by atoms with Gasteiger partial charge in [0.1, 0.15) is 5.75 Å². The average molecular weight is 230 g/mol. The van der Waals surface area contributed by atoms with E-state index in [4.69, 9.17) is 4.74 Å². The number of benzene rings is 1. The molecule has 0 N–H and O–H groups in total. The Kier molecular flexibility index (Phi) is 3.47. The van der Waals surface area contributed by atoms with E-state index >= 15 is 0 Å². The zero-order chi connectivity index (χ0) is 12.3. The van der Waals surface area contributed by atoms with Gasteiger partial charge in [0, 0.05) is 12.6 Å². The van der Waals surface area contributed by atoms with E-state index in [1.54, 1.807) is 7.11 Å². The normalized spacial score (nSPS) is 10.5. The van der Waals surface area contributed by atoms with Crippen molar-refractivity contribution in [3.63, 3.8) is 0 Å². The standard InChI is InChI=1S/C14H18N2O/c1-4-6-12-10-15-16(2)14(12)11-7-5-8-13(9-11)17-3/h5,7-10H,4,6H2,1-3H3. The molecule has 1 aromatic carbocycles. The molecule has 1 aromatic heterocycles. The predicted octanol–water partition coefficient (Wildman–Crippen LogP) is 3.05. The number of aromatic nitrogens is 2. The minimum atomic E-state index is 0.881. The van der Waals surface area contributed by atoms with E-state index in [2.05, 4.69) is 24.2 Å². The van der Waals surface area contributed by atoms with Crippen molar-refractivity contribution in [3.8, 4) is 17.0 Å². The first-order chi connectivity index (χ1) is 8.26. The summed E-state index contributed by atoms with van der Waals surface area (Å²) in [6.45, 7) is 2.18. The minimum Gasteiger partial charge on any atom is -0.497 e. The van der Waals surface area contributed by atoms with E-state index in [-0.39, 0.29) is 0 Å². The van der Waals surface area contributed by atoms with Crippen molar-refractivity contribution in [3.05, 3.63) is 36.0 Å². The van der Waals surface area contributed by atoms with Crippen molar-refractivity contribution in [1.82, 2.24) is 9.78 Å². The van der Waals surface area contributed by atoms with Gasteiger partial charge in [-0.1, -0.05) is 25.5 Å². The van der Waals surface area contributed by atoms with Gasteiger partial charge in [-0.25, -0.2) is 0 Å². The number of ether oxygens (including phenoxy) is 1. The van der Waals surface area contributed by atoms with E-state index in [0.717, 1.165) is 24.2 Å². The molecule has 0 aliphatic heterocycles. The maximum absolute atomic E-state index is 5.26. The van der Waals surface area contributed by atoms with E-state index in [0.29, 0.717) is 0 Å². The Bertz CT molecular complexity index is 503. The summed E-state index contributed by atoms with van der Waals surface area (Å²) in [5.74, 6) is 0.881. The third-order valence-corrected chi connectivity index (χ3v) is 2.88. The van der Waals surface area contributed by atoms with Crippen LogP contribution in [-0.4, -0.2) is 16.9 Å². The van der Waals surface area contributed by atoms with Gasteiger partial charge in [-0.15, -0.1) is 0 Å². The molecule has 90 valence electrons. The van der Waals surface area contributed by atoms with Crippen LogP contribution in [0.2, 0.25) is 0 Å². The zero-order valence-electron chi connectivity index (χ0n) is 10.6. The lowest BCUT2D eigenvalue weighted by molar-refractivity contribution is 0.415. The SMILES string of the molecule is CCCc1cnn(C)c1-c1cccc(OC)c1. The monoisotopic (exact) mass is 230 g/mol. The second-order valence-corrected chi connectivity index (χ2v) is 4.12. The molecule has 0 amide bonds. The van der Waals surface area contributed by atoms with Crippen LogP contribution in [0.3, 0.4) is 0 Å². The van der Waals surface area contributed by atoms with Gasteiger partial charge in [0.25, 0.3) is 0 Å². The van der Waals surface area contributed by atoms with Gasteiger partial charge in [0.05, 0.1) is 19.0 Å². The molecule has 3 heteroatoms. The third kappa shape index (κ3) is 2.33. The molecule has 0 radical (unpaired) electrons. The number of aryl methyl sites for hydroxylation is 2. The summed E-state index contributed by atoms with van der Waals surface area (Å²) >= 11 is 0. The molecule has 0 atom stereocenters. The highest BCUT2D eigenvalue weighted by Crippen LogP contribution is 2.27. The van der Waals surface area contributed by atoms with Crippen molar-refractivity contribution < 1.29 is 4.74 Å². The molecule has 0 aliphatic rings. The molecule has 0 bridgehead atoms. The maximum atomic E-state index is 5.26. The summed E-state index contributed by atoms with van der Waals surface area (Å²) in [4.78, 5) is 0. The predicted molar refractivity (Wildman–Crippen MR) is 69.2 cm³/mol. The van der Waals surface area contributed by atoms with Gasteiger partial charge >= 0.3 is 0 Å². The van der Waals surface area contributed by atoms with Gasteiger partial charge in [-0.05, 0) is 24.1 Å². The van der Waals surface area contributed by atoms with E-state index in [1.165, 1.54) is 11.3 Å². The Labute approximate surface area is 102 Å². The summed E-state index contributed by atoms with van der Waals surface area (Å²) in [5.41, 5.74) is 3.64. The second kappa shape index (κ2) is 5.04. The fourth-order valence-corrected chi connectivity index (χ4v) is 2.08. The summed E-state index contributed by atoms with van der Waals surface area (Å²) in [6.07, 6.45) is 4.14. The molecule has 0 spiro atoms. The first kappa shape index (κ1) is 11.7. The highest BCUT2D eigenvalue weighted by Gasteiger charge is 2.10. The lowest BCUT2D eigenvalue weighted by Gasteiger charge is -2.07. The van der Waals surface area contributed by atoms with Crippen LogP contribution in [0, 0.1) is 0 Å². The molecule has 0 unspecified atom stereocenters. The smallest absolute Gasteiger partial charge is 0.119 e. The second-order valence-electron chi connectivity index (χ2n) is 4.12. The zero-order valence-corrected chi connectivity index (χ0v) is 10.6. The Balaban J connectivity index is 2.47. The Morgan fingerprint density at radius 3 is 2.88 bits per heavy atom. The molecule has 3 nitrogen and oxygen atoms in total. The van der Waals surface area contributed by atoms with Gasteiger partial charge in [0.2, 0.25) is 0 Å². The van der Waals surface area contributed by atoms with Crippen molar-refractivity contribution in [1.29, 1.82) is 0 Å². The number of nitrogens with zero attached hydrogens (tertiary/aromatic N) is 2. The van der Waals surface area contributed by atoms with Crippen LogP contribution in [-0.2, 0) is 13.5 Å². The van der Waals surface area contributed by atoms with Crippen LogP contribution < -0.4 is 4.74 Å².